The number of hydrogen-bond donors (Lipinski definition) is 6. The first-order valence-electron chi connectivity index (χ1n) is 43.9. The maximum absolute atomic E-state index is 12.1. The number of carbonyl (C=O) groups excluding carboxylic acids is 8. The standard InChI is InChI=1S/2C21H25N3O5.C17H19ClN2O4.C13H16BrClN2O3.C8H15NO3.C5H2BrCl2N.C4H5BO3.C4H7NO/c2*1-21(2,3)29-20(26)24-10-15(11-24)28-19-16(14-8-9-27-12-14)6-7-17(23-19)22-18(25)13-4-5-13;1-17(2,3)24-16(21)20-8-12(9-20)23-15-13(4-5-14(18)19-15)11-6-7-22-10-11;1-13(2,3)20-12(18)17-6-8(7-17)19-11-9(14)4-5-10(15)16-11;1-8(2,3)12-7(11)9-4-6(10)5-9;6-3-1-2-4(7)9-5(3)8;6-5(7)4-1-2-8-3-4;5-4(6)3-1-2-3/h2*6-9,12-13,15H,4-5,10-11H2,1-3H3,(H,22,23,25);4-7,10,12H,8-9H2,1-3H3;4-5,8H,6-7H2,1-3H3;6,10H,4-5H2,1-3H3;1-2H;1-3,6-7H;3H,1-2H2,(H2,5,6). The highest BCUT2D eigenvalue weighted by Crippen LogP contribution is 2.39. The van der Waals surface area contributed by atoms with Crippen LogP contribution in [0.25, 0.3) is 33.4 Å². The van der Waals surface area contributed by atoms with Gasteiger partial charge in [0.05, 0.1) is 131 Å². The number of nitrogens with zero attached hydrogens (tertiary/aromatic N) is 10. The van der Waals surface area contributed by atoms with Gasteiger partial charge in [-0.25, -0.2) is 38.9 Å². The van der Waals surface area contributed by atoms with E-state index in [2.05, 4.69) is 71.8 Å². The molecule has 3 aliphatic carbocycles. The number of hydrogen-bond acceptors (Lipinski definition) is 29. The van der Waals surface area contributed by atoms with Gasteiger partial charge in [-0.1, -0.05) is 46.4 Å². The van der Waals surface area contributed by atoms with E-state index < -0.39 is 35.1 Å². The minimum atomic E-state index is -1.41. The quantitative estimate of drug-likeness (QED) is 0.0280. The fourth-order valence-electron chi connectivity index (χ4n) is 12.0. The van der Waals surface area contributed by atoms with Gasteiger partial charge in [0, 0.05) is 56.6 Å². The summed E-state index contributed by atoms with van der Waals surface area (Å²) < 4.78 is 71.6. The van der Waals surface area contributed by atoms with Gasteiger partial charge >= 0.3 is 37.6 Å². The van der Waals surface area contributed by atoms with E-state index in [1.165, 1.54) is 23.5 Å². The molecular formula is C93H114BBr2Cl4N13O24. The van der Waals surface area contributed by atoms with Gasteiger partial charge in [-0.3, -0.25) is 14.4 Å². The predicted octanol–water partition coefficient (Wildman–Crippen LogP) is 17.5. The molecule has 0 radical (unpaired) electrons. The fraction of sp³-hybridized carbons (Fsp3) is 0.473. The molecule has 137 heavy (non-hydrogen) atoms. The number of nitrogens with one attached hydrogen (secondary N) is 2. The lowest BCUT2D eigenvalue weighted by molar-refractivity contribution is -0.119. The van der Waals surface area contributed by atoms with Crippen molar-refractivity contribution in [1.82, 2.24) is 49.4 Å². The molecule has 8 aliphatic rings. The van der Waals surface area contributed by atoms with Crippen LogP contribution in [0.5, 0.6) is 23.5 Å². The predicted molar refractivity (Wildman–Crippen MR) is 516 cm³/mol. The van der Waals surface area contributed by atoms with E-state index in [9.17, 15) is 38.4 Å². The zero-order valence-electron chi connectivity index (χ0n) is 78.4. The van der Waals surface area contributed by atoms with Crippen molar-refractivity contribution in [3.8, 4) is 56.9 Å². The molecule has 37 nitrogen and oxygen atoms in total. The van der Waals surface area contributed by atoms with E-state index >= 15 is 0 Å². The minimum absolute atomic E-state index is 0.0146. The molecule has 8 amide bonds. The lowest BCUT2D eigenvalue weighted by Crippen LogP contribution is -2.57. The Bertz CT molecular complexity index is 5360. The van der Waals surface area contributed by atoms with Gasteiger partial charge in [-0.2, -0.15) is 9.97 Å². The third kappa shape index (κ3) is 36.3. The highest BCUT2D eigenvalue weighted by molar-refractivity contribution is 9.11. The molecule has 44 heteroatoms. The van der Waals surface area contributed by atoms with Crippen LogP contribution in [0, 0.1) is 17.8 Å². The largest absolute Gasteiger partial charge is 0.491 e. The van der Waals surface area contributed by atoms with Crippen molar-refractivity contribution in [2.24, 2.45) is 23.5 Å². The number of halogens is 6. The Kier molecular flexibility index (Phi) is 37.8. The summed E-state index contributed by atoms with van der Waals surface area (Å²) >= 11 is 29.4. The molecule has 8 fully saturated rings. The zero-order valence-corrected chi connectivity index (χ0v) is 84.6. The Hall–Kier alpha value is -11.1. The molecule has 0 bridgehead atoms. The van der Waals surface area contributed by atoms with Crippen LogP contribution in [-0.4, -0.2) is 244 Å². The smallest absolute Gasteiger partial charge is 0.473 e. The van der Waals surface area contributed by atoms with E-state index in [1.54, 1.807) is 99.6 Å². The summed E-state index contributed by atoms with van der Waals surface area (Å²) in [7, 11) is -1.41. The first kappa shape index (κ1) is 108. The number of furan rings is 4. The third-order valence-electron chi connectivity index (χ3n) is 19.4. The number of amides is 8. The van der Waals surface area contributed by atoms with Gasteiger partial charge in [-0.05, 0) is 259 Å². The average Bonchev–Trinajstić information content (AvgIpc) is 1.59. The zero-order chi connectivity index (χ0) is 100. The van der Waals surface area contributed by atoms with Crippen molar-refractivity contribution in [2.45, 2.75) is 201 Å². The molecule has 0 atom stereocenters. The summed E-state index contributed by atoms with van der Waals surface area (Å²) in [4.78, 5) is 122. The van der Waals surface area contributed by atoms with Gasteiger partial charge in [0.1, 0.15) is 84.7 Å². The van der Waals surface area contributed by atoms with E-state index in [4.69, 9.17) is 123 Å². The molecule has 0 unspecified atom stereocenters. The number of aliphatic hydroxyl groups excluding tert-OH is 1. The average molecular weight is 2110 g/mol. The van der Waals surface area contributed by atoms with Crippen LogP contribution in [0.4, 0.5) is 35.6 Å². The number of pyridine rings is 5. The van der Waals surface area contributed by atoms with Gasteiger partial charge in [0.15, 0.2) is 0 Å². The molecule has 17 rings (SSSR count). The molecular weight excluding hydrogens is 2000 g/mol. The lowest BCUT2D eigenvalue weighted by Gasteiger charge is -2.39. The second kappa shape index (κ2) is 48.0. The fourth-order valence-corrected chi connectivity index (χ4v) is 13.1. The Morgan fingerprint density at radius 3 is 0.927 bits per heavy atom. The second-order valence-corrected chi connectivity index (χ2v) is 40.9. The van der Waals surface area contributed by atoms with Crippen molar-refractivity contribution in [1.29, 1.82) is 0 Å². The highest BCUT2D eigenvalue weighted by atomic mass is 79.9. The molecule has 9 aromatic heterocycles. The molecule has 3 saturated carbocycles. The summed E-state index contributed by atoms with van der Waals surface area (Å²) in [6, 6.07) is 24.5. The van der Waals surface area contributed by atoms with E-state index in [1.807, 2.05) is 140 Å². The first-order valence-corrected chi connectivity index (χ1v) is 47.0. The number of carbonyl (C=O) groups is 8. The molecule has 0 spiro atoms. The molecule has 5 aliphatic heterocycles. The number of aromatic nitrogens is 5. The Balaban J connectivity index is 0.000000169. The van der Waals surface area contributed by atoms with E-state index in [0.717, 1.165) is 80.9 Å². The number of nitrogens with two attached hydrogens (primary N) is 1. The Morgan fingerprint density at radius 2 is 0.664 bits per heavy atom. The summed E-state index contributed by atoms with van der Waals surface area (Å²) in [6.07, 6.45) is 15.3. The minimum Gasteiger partial charge on any atom is -0.473 e. The number of likely N-dealkylation sites (tertiary alicyclic amines) is 5. The van der Waals surface area contributed by atoms with E-state index in [0.29, 0.717) is 127 Å². The normalized spacial score (nSPS) is 15.8. The van der Waals surface area contributed by atoms with Gasteiger partial charge < -0.3 is 116 Å². The Morgan fingerprint density at radius 1 is 0.380 bits per heavy atom. The molecule has 5 saturated heterocycles. The SMILES string of the molecule is CC(C)(C)OC(=O)N1CC(O)C1.CC(C)(C)OC(=O)N1CC(Oc2nc(Cl)ccc2-c2ccoc2)C1.CC(C)(C)OC(=O)N1CC(Oc2nc(Cl)ccc2Br)C1.CC(C)(C)OC(=O)N1CC(Oc2nc(NC(=O)C3CC3)ccc2-c2ccoc2)C1.CC(C)(C)OC(=O)N1CC(Oc2nc(NC(=O)C3CC3)ccc2-c2ccoc2)C1.Clc1ccc(Br)c(Cl)n1.NC(=O)C1CC1.OB(O)c1ccoc1. The van der Waals surface area contributed by atoms with E-state index in [-0.39, 0.29) is 96.5 Å². The van der Waals surface area contributed by atoms with Crippen molar-refractivity contribution >= 4 is 151 Å². The number of ether oxygens (including phenoxy) is 9. The third-order valence-corrected chi connectivity index (χ3v) is 21.8. The van der Waals surface area contributed by atoms with Crippen LogP contribution in [-0.2, 0) is 38.1 Å². The van der Waals surface area contributed by atoms with Crippen molar-refractivity contribution in [3.63, 3.8) is 0 Å². The Labute approximate surface area is 830 Å². The van der Waals surface area contributed by atoms with Crippen LogP contribution in [0.1, 0.15) is 142 Å². The molecule has 7 N–H and O–H groups in total. The first-order chi connectivity index (χ1) is 64.3. The number of aliphatic hydroxyl groups is 1. The maximum Gasteiger partial charge on any atom is 0.491 e. The number of primary amides is 1. The second-order valence-electron chi connectivity index (χ2n) is 37.6. The molecule has 14 heterocycles. The lowest BCUT2D eigenvalue weighted by atomic mass is 9.83. The van der Waals surface area contributed by atoms with Gasteiger partial charge in [-0.15, -0.1) is 0 Å². The van der Waals surface area contributed by atoms with Crippen molar-refractivity contribution in [3.05, 3.63) is 165 Å². The maximum atomic E-state index is 12.1. The van der Waals surface area contributed by atoms with Crippen molar-refractivity contribution in [2.75, 3.05) is 76.1 Å². The van der Waals surface area contributed by atoms with Gasteiger partial charge in [0.25, 0.3) is 0 Å². The number of rotatable bonds is 17. The van der Waals surface area contributed by atoms with Gasteiger partial charge in [0.2, 0.25) is 41.2 Å². The number of anilines is 2. The van der Waals surface area contributed by atoms with Crippen molar-refractivity contribution < 1.29 is 114 Å². The topological polar surface area (TPSA) is 464 Å². The summed E-state index contributed by atoms with van der Waals surface area (Å²) in [5, 5.41) is 32.9. The molecule has 0 aromatic carbocycles. The summed E-state index contributed by atoms with van der Waals surface area (Å²) in [6.45, 7) is 31.8. The van der Waals surface area contributed by atoms with Crippen LogP contribution in [0.2, 0.25) is 20.6 Å². The monoisotopic (exact) mass is 2110 g/mol. The summed E-state index contributed by atoms with van der Waals surface area (Å²) in [5.41, 5.74) is 7.57. The van der Waals surface area contributed by atoms with Crippen LogP contribution >= 0.6 is 78.3 Å². The molecule has 9 aromatic rings. The van der Waals surface area contributed by atoms with Crippen LogP contribution < -0.4 is 40.8 Å². The molecule has 740 valence electrons. The van der Waals surface area contributed by atoms with Crippen LogP contribution in [0.3, 0.4) is 0 Å². The summed E-state index contributed by atoms with van der Waals surface area (Å²) in [5.74, 6) is 2.82. The number of β-amino-alcohol motifs (C(OH)–C–C–N with tert-alkyl or cyclic N) is 1. The van der Waals surface area contributed by atoms with Crippen LogP contribution in [0.15, 0.2) is 162 Å². The highest BCUT2D eigenvalue weighted by Gasteiger charge is 2.42.